The fourth-order valence-corrected chi connectivity index (χ4v) is 2.53. The van der Waals surface area contributed by atoms with Gasteiger partial charge in [-0.15, -0.1) is 0 Å². The minimum Gasteiger partial charge on any atom is -0.492 e. The van der Waals surface area contributed by atoms with Crippen LogP contribution in [0.3, 0.4) is 0 Å². The van der Waals surface area contributed by atoms with Gasteiger partial charge >= 0.3 is 0 Å². The maximum atomic E-state index is 12.6. The molecule has 0 unspecified atom stereocenters. The average Bonchev–Trinajstić information content (AvgIpc) is 3.34. The van der Waals surface area contributed by atoms with Crippen LogP contribution in [-0.4, -0.2) is 24.7 Å². The lowest BCUT2D eigenvalue weighted by molar-refractivity contribution is -0.141. The molecule has 0 radical (unpaired) electrons. The molecule has 1 N–H and O–H groups in total. The molecule has 1 saturated carbocycles. The lowest BCUT2D eigenvalue weighted by atomic mass is 9.98. The van der Waals surface area contributed by atoms with E-state index in [4.69, 9.17) is 9.47 Å². The van der Waals surface area contributed by atoms with Gasteiger partial charge in [0.1, 0.15) is 17.4 Å². The van der Waals surface area contributed by atoms with Crippen molar-refractivity contribution >= 4 is 11.6 Å². The van der Waals surface area contributed by atoms with E-state index in [2.05, 4.69) is 11.4 Å². The minimum absolute atomic E-state index is 0.162. The Labute approximate surface area is 131 Å². The van der Waals surface area contributed by atoms with Crippen LogP contribution in [0.5, 0.6) is 5.75 Å². The Morgan fingerprint density at radius 1 is 1.41 bits per heavy atom. The van der Waals surface area contributed by atoms with Gasteiger partial charge in [-0.1, -0.05) is 0 Å². The van der Waals surface area contributed by atoms with E-state index in [1.807, 2.05) is 20.8 Å². The molecule has 1 aliphatic carbocycles. The van der Waals surface area contributed by atoms with Crippen molar-refractivity contribution in [3.8, 4) is 11.8 Å². The zero-order valence-corrected chi connectivity index (χ0v) is 13.3. The second-order valence-corrected chi connectivity index (χ2v) is 5.52. The smallest absolute Gasteiger partial charge is 0.256 e. The van der Waals surface area contributed by atoms with Crippen LogP contribution in [0.2, 0.25) is 0 Å². The number of nitrogens with zero attached hydrogens (tertiary/aromatic N) is 1. The summed E-state index contributed by atoms with van der Waals surface area (Å²) in [4.78, 5) is 12.6. The molecule has 0 aromatic heterocycles. The molecular formula is C17H22N2O3. The highest BCUT2D eigenvalue weighted by Crippen LogP contribution is 2.42. The van der Waals surface area contributed by atoms with Crippen molar-refractivity contribution in [3.63, 3.8) is 0 Å². The summed E-state index contributed by atoms with van der Waals surface area (Å²) < 4.78 is 11.1. The number of amides is 1. The zero-order valence-electron chi connectivity index (χ0n) is 13.3. The number of nitrogens with one attached hydrogen (secondary N) is 1. The molecule has 1 fully saturated rings. The number of rotatable bonds is 7. The molecule has 1 aromatic rings. The van der Waals surface area contributed by atoms with Gasteiger partial charge in [0.15, 0.2) is 0 Å². The fraction of sp³-hybridized carbons (Fsp3) is 0.529. The molecule has 1 atom stereocenters. The molecule has 0 heterocycles. The lowest BCUT2D eigenvalue weighted by Gasteiger charge is -2.28. The third-order valence-corrected chi connectivity index (χ3v) is 3.91. The summed E-state index contributed by atoms with van der Waals surface area (Å²) in [5.74, 6) is 0.633. The summed E-state index contributed by atoms with van der Waals surface area (Å²) in [6.45, 7) is 6.57. The molecule has 118 valence electrons. The van der Waals surface area contributed by atoms with Gasteiger partial charge in [0.2, 0.25) is 0 Å². The Bertz CT molecular complexity index is 590. The molecule has 5 nitrogen and oxygen atoms in total. The van der Waals surface area contributed by atoms with Crippen molar-refractivity contribution in [1.82, 2.24) is 0 Å². The lowest BCUT2D eigenvalue weighted by Crippen LogP contribution is -2.44. The van der Waals surface area contributed by atoms with Crippen molar-refractivity contribution in [2.45, 2.75) is 39.2 Å². The van der Waals surface area contributed by atoms with Crippen LogP contribution < -0.4 is 10.1 Å². The molecular weight excluding hydrogens is 280 g/mol. The van der Waals surface area contributed by atoms with Crippen LogP contribution in [0.4, 0.5) is 5.69 Å². The summed E-state index contributed by atoms with van der Waals surface area (Å²) >= 11 is 0. The first-order chi connectivity index (χ1) is 10.5. The van der Waals surface area contributed by atoms with Gasteiger partial charge in [0, 0.05) is 12.3 Å². The Balaban J connectivity index is 2.16. The first-order valence-corrected chi connectivity index (χ1v) is 7.67. The molecule has 0 bridgehead atoms. The van der Waals surface area contributed by atoms with Crippen LogP contribution in [0.1, 0.15) is 39.2 Å². The first-order valence-electron chi connectivity index (χ1n) is 7.67. The number of hydrogen-bond donors (Lipinski definition) is 1. The van der Waals surface area contributed by atoms with Crippen LogP contribution >= 0.6 is 0 Å². The Morgan fingerprint density at radius 2 is 2.14 bits per heavy atom. The molecule has 0 saturated heterocycles. The summed E-state index contributed by atoms with van der Waals surface area (Å²) in [6.07, 6.45) is 2.02. The fourth-order valence-electron chi connectivity index (χ4n) is 2.53. The van der Waals surface area contributed by atoms with E-state index in [1.165, 1.54) is 0 Å². The molecule has 2 rings (SSSR count). The predicted octanol–water partition coefficient (Wildman–Crippen LogP) is 3.10. The monoisotopic (exact) mass is 302 g/mol. The second kappa shape index (κ2) is 6.80. The second-order valence-electron chi connectivity index (χ2n) is 5.52. The van der Waals surface area contributed by atoms with Gasteiger partial charge < -0.3 is 14.8 Å². The summed E-state index contributed by atoms with van der Waals surface area (Å²) in [5, 5.41) is 12.0. The van der Waals surface area contributed by atoms with Crippen molar-refractivity contribution < 1.29 is 14.3 Å². The number of hydrogen-bond acceptors (Lipinski definition) is 4. The van der Waals surface area contributed by atoms with Gasteiger partial charge in [0.25, 0.3) is 5.91 Å². The number of benzene rings is 1. The van der Waals surface area contributed by atoms with Gasteiger partial charge in [-0.2, -0.15) is 5.26 Å². The van der Waals surface area contributed by atoms with Crippen LogP contribution in [0.25, 0.3) is 0 Å². The van der Waals surface area contributed by atoms with Crippen LogP contribution in [0, 0.1) is 17.2 Å². The number of carbonyl (C=O) groups is 1. The van der Waals surface area contributed by atoms with Gasteiger partial charge in [-0.3, -0.25) is 4.79 Å². The largest absolute Gasteiger partial charge is 0.492 e. The minimum atomic E-state index is -0.805. The highest BCUT2D eigenvalue weighted by atomic mass is 16.5. The van der Waals surface area contributed by atoms with Crippen molar-refractivity contribution in [1.29, 1.82) is 5.26 Å². The molecule has 1 aromatic carbocycles. The number of ether oxygens (including phenoxy) is 2. The number of nitriles is 1. The third-order valence-electron chi connectivity index (χ3n) is 3.91. The van der Waals surface area contributed by atoms with E-state index in [0.717, 1.165) is 12.8 Å². The maximum Gasteiger partial charge on any atom is 0.256 e. The molecule has 0 aliphatic heterocycles. The molecule has 0 spiro atoms. The molecule has 5 heteroatoms. The van der Waals surface area contributed by atoms with Crippen molar-refractivity contribution in [3.05, 3.63) is 23.8 Å². The summed E-state index contributed by atoms with van der Waals surface area (Å²) in [6, 6.07) is 7.15. The van der Waals surface area contributed by atoms with Crippen molar-refractivity contribution in [2.75, 3.05) is 18.5 Å². The van der Waals surface area contributed by atoms with Crippen molar-refractivity contribution in [2.24, 2.45) is 5.92 Å². The molecule has 22 heavy (non-hydrogen) atoms. The number of carbonyl (C=O) groups excluding carboxylic acids is 1. The van der Waals surface area contributed by atoms with Gasteiger partial charge in [0.05, 0.1) is 12.2 Å². The standard InChI is InChI=1S/C17H22N2O3/c1-4-21-15-9-8-14(10-12(15)11-18)19-16(20)17(3,22-5-2)13-6-7-13/h8-10,13H,4-7H2,1-3H3,(H,19,20)/t17-/m0/s1. The Kier molecular flexibility index (Phi) is 5.04. The topological polar surface area (TPSA) is 71.3 Å². The quantitative estimate of drug-likeness (QED) is 0.840. The zero-order chi connectivity index (χ0) is 16.2. The van der Waals surface area contributed by atoms with Gasteiger partial charge in [-0.05, 0) is 57.7 Å². The summed E-state index contributed by atoms with van der Waals surface area (Å²) in [7, 11) is 0. The van der Waals surface area contributed by atoms with Crippen LogP contribution in [0.15, 0.2) is 18.2 Å². The van der Waals surface area contributed by atoms with E-state index in [-0.39, 0.29) is 11.8 Å². The summed E-state index contributed by atoms with van der Waals surface area (Å²) in [5.41, 5.74) is 0.181. The Morgan fingerprint density at radius 3 is 2.68 bits per heavy atom. The van der Waals surface area contributed by atoms with E-state index in [0.29, 0.717) is 30.2 Å². The first kappa shape index (κ1) is 16.3. The maximum absolute atomic E-state index is 12.6. The molecule has 1 aliphatic rings. The van der Waals surface area contributed by atoms with Crippen LogP contribution in [-0.2, 0) is 9.53 Å². The Hall–Kier alpha value is -2.06. The van der Waals surface area contributed by atoms with Gasteiger partial charge in [-0.25, -0.2) is 0 Å². The highest BCUT2D eigenvalue weighted by Gasteiger charge is 2.48. The third kappa shape index (κ3) is 3.40. The van der Waals surface area contributed by atoms with E-state index in [9.17, 15) is 10.1 Å². The van der Waals surface area contributed by atoms with E-state index >= 15 is 0 Å². The highest BCUT2D eigenvalue weighted by molar-refractivity contribution is 5.97. The van der Waals surface area contributed by atoms with E-state index in [1.54, 1.807) is 18.2 Å². The molecule has 1 amide bonds. The normalized spacial score (nSPS) is 16.5. The van der Waals surface area contributed by atoms with E-state index < -0.39 is 5.60 Å². The number of anilines is 1. The SMILES string of the molecule is CCOc1ccc(NC(=O)[C@@](C)(OCC)C2CC2)cc1C#N. The average molecular weight is 302 g/mol. The predicted molar refractivity (Wildman–Crippen MR) is 83.7 cm³/mol.